The fourth-order valence-corrected chi connectivity index (χ4v) is 3.00. The second-order valence-electron chi connectivity index (χ2n) is 6.16. The molecule has 7 heteroatoms. The van der Waals surface area contributed by atoms with Gasteiger partial charge in [0, 0.05) is 39.5 Å². The topological polar surface area (TPSA) is 61.4 Å². The molecule has 1 aromatic rings. The molecule has 1 saturated heterocycles. The molecular weight excluding hydrogens is 345 g/mol. The van der Waals surface area contributed by atoms with Crippen LogP contribution in [-0.4, -0.2) is 42.9 Å². The zero-order valence-electron chi connectivity index (χ0n) is 14.6. The van der Waals surface area contributed by atoms with E-state index in [0.717, 1.165) is 31.4 Å². The SMILES string of the molecule is CC(=O)NCCCCCC(=O)N1CCNCC1c1cccc(F)c1.Cl. The van der Waals surface area contributed by atoms with Crippen LogP contribution in [0.3, 0.4) is 0 Å². The van der Waals surface area contributed by atoms with Crippen LogP contribution in [-0.2, 0) is 9.59 Å². The summed E-state index contributed by atoms with van der Waals surface area (Å²) in [6.45, 7) is 4.22. The van der Waals surface area contributed by atoms with E-state index < -0.39 is 0 Å². The van der Waals surface area contributed by atoms with Gasteiger partial charge in [0.2, 0.25) is 11.8 Å². The van der Waals surface area contributed by atoms with Crippen LogP contribution in [0, 0.1) is 5.82 Å². The summed E-state index contributed by atoms with van der Waals surface area (Å²) < 4.78 is 13.5. The summed E-state index contributed by atoms with van der Waals surface area (Å²) in [5, 5.41) is 6.03. The first-order valence-electron chi connectivity index (χ1n) is 8.58. The van der Waals surface area contributed by atoms with E-state index >= 15 is 0 Å². The smallest absolute Gasteiger partial charge is 0.223 e. The van der Waals surface area contributed by atoms with Crippen molar-refractivity contribution in [2.75, 3.05) is 26.2 Å². The highest BCUT2D eigenvalue weighted by molar-refractivity contribution is 5.85. The van der Waals surface area contributed by atoms with E-state index in [1.54, 1.807) is 6.07 Å². The minimum Gasteiger partial charge on any atom is -0.356 e. The third-order valence-electron chi connectivity index (χ3n) is 4.24. The van der Waals surface area contributed by atoms with E-state index in [1.807, 2.05) is 11.0 Å². The number of carbonyl (C=O) groups excluding carboxylic acids is 2. The van der Waals surface area contributed by atoms with Gasteiger partial charge in [-0.15, -0.1) is 12.4 Å². The van der Waals surface area contributed by atoms with Gasteiger partial charge in [-0.05, 0) is 30.5 Å². The maximum Gasteiger partial charge on any atom is 0.223 e. The van der Waals surface area contributed by atoms with Crippen LogP contribution in [0.4, 0.5) is 4.39 Å². The lowest BCUT2D eigenvalue weighted by molar-refractivity contribution is -0.134. The summed E-state index contributed by atoms with van der Waals surface area (Å²) in [7, 11) is 0. The second-order valence-corrected chi connectivity index (χ2v) is 6.16. The Bertz CT molecular complexity index is 571. The second kappa shape index (κ2) is 11.1. The van der Waals surface area contributed by atoms with Gasteiger partial charge < -0.3 is 15.5 Å². The summed E-state index contributed by atoms with van der Waals surface area (Å²) in [4.78, 5) is 25.2. The summed E-state index contributed by atoms with van der Waals surface area (Å²) in [5.41, 5.74) is 0.834. The van der Waals surface area contributed by atoms with Crippen LogP contribution >= 0.6 is 12.4 Å². The standard InChI is InChI=1S/C18H26FN3O2.ClH/c1-14(23)21-9-4-2-3-8-18(24)22-11-10-20-13-17(22)15-6-5-7-16(19)12-15;/h5-7,12,17,20H,2-4,8-11,13H2,1H3,(H,21,23);1H. The van der Waals surface area contributed by atoms with Gasteiger partial charge in [-0.2, -0.15) is 0 Å². The Labute approximate surface area is 154 Å². The molecule has 1 aliphatic rings. The molecule has 1 fully saturated rings. The molecule has 0 radical (unpaired) electrons. The molecule has 1 heterocycles. The van der Waals surface area contributed by atoms with E-state index in [4.69, 9.17) is 0 Å². The molecule has 1 atom stereocenters. The van der Waals surface area contributed by atoms with Crippen molar-refractivity contribution in [3.8, 4) is 0 Å². The van der Waals surface area contributed by atoms with Gasteiger partial charge in [0.15, 0.2) is 0 Å². The molecule has 0 bridgehead atoms. The van der Waals surface area contributed by atoms with Gasteiger partial charge in [-0.25, -0.2) is 4.39 Å². The van der Waals surface area contributed by atoms with Crippen molar-refractivity contribution in [1.82, 2.24) is 15.5 Å². The van der Waals surface area contributed by atoms with Crippen molar-refractivity contribution in [2.24, 2.45) is 0 Å². The number of nitrogens with one attached hydrogen (secondary N) is 2. The van der Waals surface area contributed by atoms with Crippen molar-refractivity contribution in [3.05, 3.63) is 35.6 Å². The molecule has 1 aromatic carbocycles. The van der Waals surface area contributed by atoms with Crippen molar-refractivity contribution < 1.29 is 14.0 Å². The van der Waals surface area contributed by atoms with E-state index in [1.165, 1.54) is 19.1 Å². The maximum absolute atomic E-state index is 13.5. The van der Waals surface area contributed by atoms with Crippen LogP contribution in [0.2, 0.25) is 0 Å². The average Bonchev–Trinajstić information content (AvgIpc) is 2.57. The van der Waals surface area contributed by atoms with E-state index in [-0.39, 0.29) is 36.1 Å². The molecule has 0 spiro atoms. The molecule has 2 amide bonds. The maximum atomic E-state index is 13.5. The number of carbonyl (C=O) groups is 2. The third-order valence-corrected chi connectivity index (χ3v) is 4.24. The largest absolute Gasteiger partial charge is 0.356 e. The lowest BCUT2D eigenvalue weighted by Gasteiger charge is -2.36. The number of halogens is 2. The highest BCUT2D eigenvalue weighted by Crippen LogP contribution is 2.24. The van der Waals surface area contributed by atoms with Gasteiger partial charge in [0.1, 0.15) is 5.82 Å². The fraction of sp³-hybridized carbons (Fsp3) is 0.556. The Hall–Kier alpha value is -1.66. The quantitative estimate of drug-likeness (QED) is 0.723. The van der Waals surface area contributed by atoms with Crippen LogP contribution in [0.1, 0.15) is 44.2 Å². The lowest BCUT2D eigenvalue weighted by Crippen LogP contribution is -2.48. The molecule has 2 rings (SSSR count). The molecule has 0 aromatic heterocycles. The number of benzene rings is 1. The minimum atomic E-state index is -0.275. The molecule has 140 valence electrons. The van der Waals surface area contributed by atoms with Gasteiger partial charge in [-0.3, -0.25) is 9.59 Å². The Kier molecular flexibility index (Phi) is 9.45. The zero-order valence-corrected chi connectivity index (χ0v) is 15.4. The van der Waals surface area contributed by atoms with Gasteiger partial charge >= 0.3 is 0 Å². The van der Waals surface area contributed by atoms with E-state index in [2.05, 4.69) is 10.6 Å². The molecular formula is C18H27ClFN3O2. The first-order valence-corrected chi connectivity index (χ1v) is 8.58. The Morgan fingerprint density at radius 2 is 2.12 bits per heavy atom. The Morgan fingerprint density at radius 1 is 1.32 bits per heavy atom. The van der Waals surface area contributed by atoms with Crippen molar-refractivity contribution >= 4 is 24.2 Å². The molecule has 5 nitrogen and oxygen atoms in total. The number of amides is 2. The molecule has 0 saturated carbocycles. The Morgan fingerprint density at radius 3 is 2.84 bits per heavy atom. The zero-order chi connectivity index (χ0) is 17.4. The number of hydrogen-bond donors (Lipinski definition) is 2. The van der Waals surface area contributed by atoms with Crippen LogP contribution in [0.15, 0.2) is 24.3 Å². The monoisotopic (exact) mass is 371 g/mol. The average molecular weight is 372 g/mol. The molecule has 1 unspecified atom stereocenters. The first-order chi connectivity index (χ1) is 11.6. The van der Waals surface area contributed by atoms with Gasteiger partial charge in [-0.1, -0.05) is 18.6 Å². The normalized spacial score (nSPS) is 16.9. The number of rotatable bonds is 7. The molecule has 1 aliphatic heterocycles. The summed E-state index contributed by atoms with van der Waals surface area (Å²) in [5.74, 6) is -0.182. The van der Waals surface area contributed by atoms with Crippen molar-refractivity contribution in [1.29, 1.82) is 0 Å². The van der Waals surface area contributed by atoms with Crippen LogP contribution in [0.25, 0.3) is 0 Å². The summed E-state index contributed by atoms with van der Waals surface area (Å²) in [6.07, 6.45) is 3.08. The predicted octanol–water partition coefficient (Wildman–Crippen LogP) is 2.42. The Balaban J connectivity index is 0.00000312. The highest BCUT2D eigenvalue weighted by Gasteiger charge is 2.27. The highest BCUT2D eigenvalue weighted by atomic mass is 35.5. The van der Waals surface area contributed by atoms with Crippen LogP contribution < -0.4 is 10.6 Å². The van der Waals surface area contributed by atoms with E-state index in [9.17, 15) is 14.0 Å². The number of piperazine rings is 1. The van der Waals surface area contributed by atoms with Crippen LogP contribution in [0.5, 0.6) is 0 Å². The minimum absolute atomic E-state index is 0. The lowest BCUT2D eigenvalue weighted by atomic mass is 10.0. The number of unbranched alkanes of at least 4 members (excludes halogenated alkanes) is 2. The van der Waals surface area contributed by atoms with Crippen molar-refractivity contribution in [3.63, 3.8) is 0 Å². The molecule has 25 heavy (non-hydrogen) atoms. The molecule has 2 N–H and O–H groups in total. The van der Waals surface area contributed by atoms with Gasteiger partial charge in [0.25, 0.3) is 0 Å². The van der Waals surface area contributed by atoms with Gasteiger partial charge in [0.05, 0.1) is 6.04 Å². The first kappa shape index (κ1) is 21.4. The summed E-state index contributed by atoms with van der Waals surface area (Å²) in [6, 6.07) is 6.37. The molecule has 0 aliphatic carbocycles. The van der Waals surface area contributed by atoms with Crippen molar-refractivity contribution in [2.45, 2.75) is 38.6 Å². The number of hydrogen-bond acceptors (Lipinski definition) is 3. The van der Waals surface area contributed by atoms with E-state index in [0.29, 0.717) is 26.1 Å². The fourth-order valence-electron chi connectivity index (χ4n) is 3.00. The predicted molar refractivity (Wildman–Crippen MR) is 98.1 cm³/mol. The third kappa shape index (κ3) is 7.00. The summed E-state index contributed by atoms with van der Waals surface area (Å²) >= 11 is 0. The number of nitrogens with zero attached hydrogens (tertiary/aromatic N) is 1.